The predicted molar refractivity (Wildman–Crippen MR) is 95.6 cm³/mol. The van der Waals surface area contributed by atoms with Crippen molar-refractivity contribution >= 4 is 17.3 Å². The van der Waals surface area contributed by atoms with Gasteiger partial charge in [-0.2, -0.15) is 5.10 Å². The van der Waals surface area contributed by atoms with Crippen molar-refractivity contribution < 1.29 is 14.3 Å². The lowest BCUT2D eigenvalue weighted by Gasteiger charge is -2.33. The molecule has 0 saturated carbocycles. The number of benzene rings is 1. The summed E-state index contributed by atoms with van der Waals surface area (Å²) in [7, 11) is 1.62. The van der Waals surface area contributed by atoms with Gasteiger partial charge in [0, 0.05) is 38.0 Å². The molecule has 2 aliphatic rings. The fourth-order valence-corrected chi connectivity index (χ4v) is 3.28. The zero-order chi connectivity index (χ0) is 18.1. The summed E-state index contributed by atoms with van der Waals surface area (Å²) >= 11 is 0. The number of aryl methyl sites for hydroxylation is 1. The Morgan fingerprint density at radius 3 is 2.96 bits per heavy atom. The Kier molecular flexibility index (Phi) is 4.24. The zero-order valence-corrected chi connectivity index (χ0v) is 14.5. The predicted octanol–water partition coefficient (Wildman–Crippen LogP) is 1.36. The van der Waals surface area contributed by atoms with E-state index in [2.05, 4.69) is 10.4 Å². The zero-order valence-electron chi connectivity index (χ0n) is 14.5. The number of nitrogens with one attached hydrogen (secondary N) is 1. The van der Waals surface area contributed by atoms with Gasteiger partial charge < -0.3 is 19.7 Å². The summed E-state index contributed by atoms with van der Waals surface area (Å²) in [5.41, 5.74) is 1.29. The normalized spacial score (nSPS) is 18.7. The van der Waals surface area contributed by atoms with E-state index in [9.17, 15) is 9.59 Å². The Labute approximate surface area is 150 Å². The van der Waals surface area contributed by atoms with Crippen LogP contribution in [0.2, 0.25) is 0 Å². The highest BCUT2D eigenvalue weighted by atomic mass is 16.7. The largest absolute Gasteiger partial charge is 0.454 e. The third-order valence-corrected chi connectivity index (χ3v) is 4.75. The molecule has 8 heteroatoms. The molecular formula is C18H20N4O4. The van der Waals surface area contributed by atoms with Crippen LogP contribution in [0.25, 0.3) is 0 Å². The summed E-state index contributed by atoms with van der Waals surface area (Å²) < 4.78 is 11.9. The lowest BCUT2D eigenvalue weighted by atomic mass is 9.96. The molecule has 0 aliphatic carbocycles. The molecule has 2 aliphatic heterocycles. The molecule has 1 aromatic heterocycles. The molecule has 0 radical (unpaired) electrons. The average Bonchev–Trinajstić information content (AvgIpc) is 3.12. The molecule has 4 rings (SSSR count). The van der Waals surface area contributed by atoms with Crippen LogP contribution < -0.4 is 25.2 Å². The van der Waals surface area contributed by atoms with Gasteiger partial charge >= 0.3 is 0 Å². The average molecular weight is 356 g/mol. The van der Waals surface area contributed by atoms with Crippen LogP contribution in [0, 0.1) is 5.92 Å². The van der Waals surface area contributed by atoms with Crippen molar-refractivity contribution in [3.8, 4) is 11.5 Å². The Balaban J connectivity index is 1.44. The molecular weight excluding hydrogens is 336 g/mol. The van der Waals surface area contributed by atoms with E-state index < -0.39 is 0 Å². The van der Waals surface area contributed by atoms with Gasteiger partial charge in [0.15, 0.2) is 11.5 Å². The maximum absolute atomic E-state index is 12.7. The second-order valence-electron chi connectivity index (χ2n) is 6.52. The van der Waals surface area contributed by atoms with Crippen LogP contribution in [0.3, 0.4) is 0 Å². The fraction of sp³-hybridized carbons (Fsp3) is 0.389. The molecule has 3 heterocycles. The van der Waals surface area contributed by atoms with Crippen molar-refractivity contribution in [3.63, 3.8) is 0 Å². The number of carbonyl (C=O) groups is 1. The third kappa shape index (κ3) is 3.22. The highest BCUT2D eigenvalue weighted by Gasteiger charge is 2.27. The van der Waals surface area contributed by atoms with E-state index in [1.807, 2.05) is 4.90 Å². The van der Waals surface area contributed by atoms with Crippen LogP contribution in [0.1, 0.15) is 12.8 Å². The Morgan fingerprint density at radius 2 is 2.12 bits per heavy atom. The van der Waals surface area contributed by atoms with Crippen molar-refractivity contribution in [1.82, 2.24) is 9.78 Å². The molecule has 1 saturated heterocycles. The summed E-state index contributed by atoms with van der Waals surface area (Å²) in [5, 5.41) is 7.01. The van der Waals surface area contributed by atoms with E-state index in [1.165, 1.54) is 4.68 Å². The summed E-state index contributed by atoms with van der Waals surface area (Å²) in [4.78, 5) is 26.5. The van der Waals surface area contributed by atoms with E-state index in [0.29, 0.717) is 23.7 Å². The summed E-state index contributed by atoms with van der Waals surface area (Å²) in [6.45, 7) is 1.57. The minimum Gasteiger partial charge on any atom is -0.454 e. The monoisotopic (exact) mass is 356 g/mol. The van der Waals surface area contributed by atoms with Gasteiger partial charge in [0.2, 0.25) is 12.7 Å². The summed E-state index contributed by atoms with van der Waals surface area (Å²) in [6.07, 6.45) is 3.36. The van der Waals surface area contributed by atoms with E-state index >= 15 is 0 Å². The van der Waals surface area contributed by atoms with Crippen LogP contribution in [-0.2, 0) is 11.8 Å². The number of ether oxygens (including phenoxy) is 2. The van der Waals surface area contributed by atoms with Gasteiger partial charge in [-0.15, -0.1) is 0 Å². The first kappa shape index (κ1) is 16.4. The van der Waals surface area contributed by atoms with Gasteiger partial charge in [-0.3, -0.25) is 9.59 Å². The van der Waals surface area contributed by atoms with Crippen LogP contribution >= 0.6 is 0 Å². The van der Waals surface area contributed by atoms with Gasteiger partial charge in [-0.1, -0.05) is 0 Å². The molecule has 0 bridgehead atoms. The number of fused-ring (bicyclic) bond motifs is 1. The first-order valence-electron chi connectivity index (χ1n) is 8.59. The maximum Gasteiger partial charge on any atom is 0.268 e. The quantitative estimate of drug-likeness (QED) is 0.894. The third-order valence-electron chi connectivity index (χ3n) is 4.75. The van der Waals surface area contributed by atoms with Gasteiger partial charge in [0.25, 0.3) is 5.56 Å². The van der Waals surface area contributed by atoms with Crippen LogP contribution in [0.5, 0.6) is 11.5 Å². The van der Waals surface area contributed by atoms with E-state index in [4.69, 9.17) is 9.47 Å². The Bertz CT molecular complexity index is 895. The summed E-state index contributed by atoms with van der Waals surface area (Å²) in [5.74, 6) is 1.13. The Hall–Kier alpha value is -3.03. The highest BCUT2D eigenvalue weighted by Crippen LogP contribution is 2.34. The number of aromatic nitrogens is 2. The molecule has 1 amide bonds. The number of hydrogen-bond donors (Lipinski definition) is 1. The molecule has 1 aromatic carbocycles. The van der Waals surface area contributed by atoms with Crippen LogP contribution in [0.4, 0.5) is 11.4 Å². The van der Waals surface area contributed by atoms with Crippen molar-refractivity contribution in [2.45, 2.75) is 12.8 Å². The van der Waals surface area contributed by atoms with E-state index in [1.54, 1.807) is 37.5 Å². The van der Waals surface area contributed by atoms with E-state index in [0.717, 1.165) is 25.1 Å². The molecule has 2 aromatic rings. The molecule has 0 spiro atoms. The number of hydrogen-bond acceptors (Lipinski definition) is 6. The molecule has 8 nitrogen and oxygen atoms in total. The van der Waals surface area contributed by atoms with Gasteiger partial charge in [0.1, 0.15) is 0 Å². The van der Waals surface area contributed by atoms with Crippen molar-refractivity contribution in [3.05, 3.63) is 40.8 Å². The van der Waals surface area contributed by atoms with Crippen molar-refractivity contribution in [1.29, 1.82) is 0 Å². The van der Waals surface area contributed by atoms with Crippen molar-refractivity contribution in [2.24, 2.45) is 13.0 Å². The SMILES string of the molecule is Cn1ncc(N2CCCC(C(=O)Nc3ccc4c(c3)OCO4)C2)cc1=O. The molecule has 1 fully saturated rings. The number of rotatable bonds is 3. The number of carbonyl (C=O) groups excluding carboxylic acids is 1. The highest BCUT2D eigenvalue weighted by molar-refractivity contribution is 5.93. The minimum atomic E-state index is -0.158. The smallest absolute Gasteiger partial charge is 0.268 e. The van der Waals surface area contributed by atoms with Crippen LogP contribution in [0.15, 0.2) is 35.3 Å². The topological polar surface area (TPSA) is 85.7 Å². The van der Waals surface area contributed by atoms with Gasteiger partial charge in [-0.05, 0) is 25.0 Å². The number of amides is 1. The Morgan fingerprint density at radius 1 is 1.27 bits per heavy atom. The second-order valence-corrected chi connectivity index (χ2v) is 6.52. The molecule has 1 unspecified atom stereocenters. The lowest BCUT2D eigenvalue weighted by Crippen LogP contribution is -2.41. The number of nitrogens with zero attached hydrogens (tertiary/aromatic N) is 3. The first-order valence-corrected chi connectivity index (χ1v) is 8.59. The molecule has 136 valence electrons. The van der Waals surface area contributed by atoms with Crippen molar-refractivity contribution in [2.75, 3.05) is 30.1 Å². The first-order chi connectivity index (χ1) is 12.6. The standard InChI is InChI=1S/C18H20N4O4/c1-21-17(23)8-14(9-19-21)22-6-2-3-12(10-22)18(24)20-13-4-5-15-16(7-13)26-11-25-15/h4-5,7-9,12H,2-3,6,10-11H2,1H3,(H,20,24). The van der Waals surface area contributed by atoms with E-state index in [-0.39, 0.29) is 24.2 Å². The number of piperidine rings is 1. The lowest BCUT2D eigenvalue weighted by molar-refractivity contribution is -0.120. The molecule has 1 N–H and O–H groups in total. The maximum atomic E-state index is 12.7. The molecule has 26 heavy (non-hydrogen) atoms. The number of anilines is 2. The van der Waals surface area contributed by atoms with Gasteiger partial charge in [0.05, 0.1) is 17.8 Å². The van der Waals surface area contributed by atoms with Crippen LogP contribution in [-0.4, -0.2) is 35.6 Å². The second kappa shape index (κ2) is 6.70. The molecule has 1 atom stereocenters. The van der Waals surface area contributed by atoms with Gasteiger partial charge in [-0.25, -0.2) is 4.68 Å². The summed E-state index contributed by atoms with van der Waals surface area (Å²) in [6, 6.07) is 6.92. The fourth-order valence-electron chi connectivity index (χ4n) is 3.28. The minimum absolute atomic E-state index is 0.0367.